The molecular formula is C13H14ClF2N3S. The monoisotopic (exact) mass is 317 g/mol. The average molecular weight is 318 g/mol. The van der Waals surface area contributed by atoms with Gasteiger partial charge in [0.05, 0.1) is 21.3 Å². The van der Waals surface area contributed by atoms with Crippen LogP contribution in [0.1, 0.15) is 18.3 Å². The number of hydrogen-bond acceptors (Lipinski definition) is 3. The molecule has 20 heavy (non-hydrogen) atoms. The lowest BCUT2D eigenvalue weighted by atomic mass is 10.3. The minimum Gasteiger partial charge on any atom is -0.399 e. The maximum atomic E-state index is 13.7. The molecule has 2 N–H and O–H groups in total. The number of nitrogens with zero attached hydrogens (tertiary/aromatic N) is 2. The minimum atomic E-state index is -0.665. The van der Waals surface area contributed by atoms with Gasteiger partial charge in [0.2, 0.25) is 0 Å². The van der Waals surface area contributed by atoms with Gasteiger partial charge < -0.3 is 5.73 Å². The second-order valence-electron chi connectivity index (χ2n) is 4.29. The Labute approximate surface area is 125 Å². The molecule has 0 saturated heterocycles. The molecule has 0 unspecified atom stereocenters. The number of nitrogen functional groups attached to an aromatic ring is 1. The standard InChI is InChI=1S/C13H14ClF2N3S/c1-3-10-12(14)11(19(2)18-10)6-20-13-8(15)4-7(17)5-9(13)16/h4-5H,3,6,17H2,1-2H3. The molecule has 2 rings (SSSR count). The molecule has 0 aliphatic carbocycles. The number of aromatic nitrogens is 2. The highest BCUT2D eigenvalue weighted by molar-refractivity contribution is 7.98. The van der Waals surface area contributed by atoms with Crippen LogP contribution in [0.4, 0.5) is 14.5 Å². The van der Waals surface area contributed by atoms with Crippen LogP contribution in [0.3, 0.4) is 0 Å². The van der Waals surface area contributed by atoms with Crippen molar-refractivity contribution >= 4 is 29.1 Å². The van der Waals surface area contributed by atoms with Gasteiger partial charge in [0.1, 0.15) is 11.6 Å². The number of hydrogen-bond donors (Lipinski definition) is 1. The second kappa shape index (κ2) is 6.01. The van der Waals surface area contributed by atoms with E-state index in [4.69, 9.17) is 17.3 Å². The van der Waals surface area contributed by atoms with Gasteiger partial charge in [-0.15, -0.1) is 11.8 Å². The van der Waals surface area contributed by atoms with E-state index in [1.807, 2.05) is 6.92 Å². The minimum absolute atomic E-state index is 0.0606. The van der Waals surface area contributed by atoms with Crippen molar-refractivity contribution in [3.8, 4) is 0 Å². The summed E-state index contributed by atoms with van der Waals surface area (Å²) in [5.74, 6) is -0.997. The molecule has 0 amide bonds. The normalized spacial score (nSPS) is 11.1. The maximum Gasteiger partial charge on any atom is 0.141 e. The molecule has 7 heteroatoms. The summed E-state index contributed by atoms with van der Waals surface area (Å²) in [6.07, 6.45) is 0.710. The molecule has 2 aromatic rings. The molecule has 0 radical (unpaired) electrons. The summed E-state index contributed by atoms with van der Waals surface area (Å²) in [5.41, 5.74) is 6.97. The number of aryl methyl sites for hydroxylation is 2. The number of anilines is 1. The first-order valence-corrected chi connectivity index (χ1v) is 7.38. The lowest BCUT2D eigenvalue weighted by Crippen LogP contribution is -1.98. The van der Waals surface area contributed by atoms with Crippen molar-refractivity contribution in [1.29, 1.82) is 0 Å². The zero-order chi connectivity index (χ0) is 14.9. The number of halogens is 3. The van der Waals surface area contributed by atoms with E-state index in [1.165, 1.54) is 0 Å². The van der Waals surface area contributed by atoms with Gasteiger partial charge in [-0.1, -0.05) is 18.5 Å². The van der Waals surface area contributed by atoms with Gasteiger partial charge in [-0.25, -0.2) is 8.78 Å². The van der Waals surface area contributed by atoms with Gasteiger partial charge in [0.25, 0.3) is 0 Å². The van der Waals surface area contributed by atoms with Crippen LogP contribution < -0.4 is 5.73 Å². The van der Waals surface area contributed by atoms with Crippen LogP contribution in [0.15, 0.2) is 17.0 Å². The molecule has 0 aliphatic rings. The second-order valence-corrected chi connectivity index (χ2v) is 5.65. The van der Waals surface area contributed by atoms with E-state index in [0.29, 0.717) is 17.2 Å². The Kier molecular flexibility index (Phi) is 4.55. The topological polar surface area (TPSA) is 43.8 Å². The number of rotatable bonds is 4. The van der Waals surface area contributed by atoms with Crippen molar-refractivity contribution in [2.75, 3.05) is 5.73 Å². The van der Waals surface area contributed by atoms with Gasteiger partial charge in [-0.05, 0) is 18.6 Å². The Morgan fingerprint density at radius 1 is 1.35 bits per heavy atom. The Bertz CT molecular complexity index is 620. The highest BCUT2D eigenvalue weighted by Crippen LogP contribution is 2.32. The van der Waals surface area contributed by atoms with Crippen LogP contribution >= 0.6 is 23.4 Å². The first-order valence-electron chi connectivity index (χ1n) is 6.01. The van der Waals surface area contributed by atoms with Gasteiger partial charge in [-0.2, -0.15) is 5.10 Å². The van der Waals surface area contributed by atoms with Gasteiger partial charge in [0.15, 0.2) is 0 Å². The Morgan fingerprint density at radius 2 is 1.95 bits per heavy atom. The van der Waals surface area contributed by atoms with E-state index >= 15 is 0 Å². The predicted molar refractivity (Wildman–Crippen MR) is 77.9 cm³/mol. The van der Waals surface area contributed by atoms with Crippen LogP contribution in [0.25, 0.3) is 0 Å². The number of benzene rings is 1. The van der Waals surface area contributed by atoms with Crippen molar-refractivity contribution in [3.63, 3.8) is 0 Å². The molecule has 0 fully saturated rings. The summed E-state index contributed by atoms with van der Waals surface area (Å²) < 4.78 is 29.0. The SMILES string of the molecule is CCc1nn(C)c(CSc2c(F)cc(N)cc2F)c1Cl. The summed E-state index contributed by atoms with van der Waals surface area (Å²) in [7, 11) is 1.76. The Balaban J connectivity index is 2.24. The van der Waals surface area contributed by atoms with E-state index in [0.717, 1.165) is 35.3 Å². The van der Waals surface area contributed by atoms with Crippen LogP contribution in [-0.4, -0.2) is 9.78 Å². The lowest BCUT2D eigenvalue weighted by molar-refractivity contribution is 0.541. The van der Waals surface area contributed by atoms with Crippen LogP contribution in [0.5, 0.6) is 0 Å². The fraction of sp³-hybridized carbons (Fsp3) is 0.308. The lowest BCUT2D eigenvalue weighted by Gasteiger charge is -2.06. The molecule has 0 bridgehead atoms. The van der Waals surface area contributed by atoms with Crippen LogP contribution in [0, 0.1) is 11.6 Å². The highest BCUT2D eigenvalue weighted by Gasteiger charge is 2.16. The summed E-state index contributed by atoms with van der Waals surface area (Å²) in [4.78, 5) is -0.0606. The quantitative estimate of drug-likeness (QED) is 0.689. The predicted octanol–water partition coefficient (Wildman–Crippen LogP) is 3.79. The fourth-order valence-corrected chi connectivity index (χ4v) is 3.28. The Morgan fingerprint density at radius 3 is 2.45 bits per heavy atom. The average Bonchev–Trinajstić information content (AvgIpc) is 2.64. The molecule has 1 heterocycles. The smallest absolute Gasteiger partial charge is 0.141 e. The molecule has 0 saturated carbocycles. The van der Waals surface area contributed by atoms with Crippen molar-refractivity contribution < 1.29 is 8.78 Å². The molecule has 108 valence electrons. The Hall–Kier alpha value is -1.27. The summed E-state index contributed by atoms with van der Waals surface area (Å²) in [6, 6.07) is 2.21. The van der Waals surface area contributed by atoms with Gasteiger partial charge >= 0.3 is 0 Å². The van der Waals surface area contributed by atoms with E-state index in [9.17, 15) is 8.78 Å². The third kappa shape index (κ3) is 2.91. The molecule has 1 aromatic heterocycles. The number of thioether (sulfide) groups is 1. The van der Waals surface area contributed by atoms with Crippen molar-refractivity contribution in [2.24, 2.45) is 7.05 Å². The van der Waals surface area contributed by atoms with E-state index in [2.05, 4.69) is 5.10 Å². The van der Waals surface area contributed by atoms with Crippen molar-refractivity contribution in [1.82, 2.24) is 9.78 Å². The molecule has 0 spiro atoms. The maximum absolute atomic E-state index is 13.7. The molecule has 3 nitrogen and oxygen atoms in total. The number of nitrogens with two attached hydrogens (primary N) is 1. The summed E-state index contributed by atoms with van der Waals surface area (Å²) >= 11 is 7.23. The fourth-order valence-electron chi connectivity index (χ4n) is 1.83. The van der Waals surface area contributed by atoms with Crippen LogP contribution in [0.2, 0.25) is 5.02 Å². The highest BCUT2D eigenvalue weighted by atomic mass is 35.5. The third-order valence-corrected chi connectivity index (χ3v) is 4.41. The largest absolute Gasteiger partial charge is 0.399 e. The third-order valence-electron chi connectivity index (χ3n) is 2.88. The zero-order valence-electron chi connectivity index (χ0n) is 11.1. The first-order chi connectivity index (χ1) is 9.43. The van der Waals surface area contributed by atoms with Crippen molar-refractivity contribution in [2.45, 2.75) is 24.0 Å². The molecule has 1 aromatic carbocycles. The summed E-state index contributed by atoms with van der Waals surface area (Å²) in [6.45, 7) is 1.95. The van der Waals surface area contributed by atoms with Gasteiger partial charge in [0, 0.05) is 18.5 Å². The zero-order valence-corrected chi connectivity index (χ0v) is 12.7. The van der Waals surface area contributed by atoms with Crippen molar-refractivity contribution in [3.05, 3.63) is 40.2 Å². The molecule has 0 atom stereocenters. The summed E-state index contributed by atoms with van der Waals surface area (Å²) in [5, 5.41) is 4.82. The van der Waals surface area contributed by atoms with E-state index in [-0.39, 0.29) is 10.6 Å². The first kappa shape index (κ1) is 15.1. The van der Waals surface area contributed by atoms with Crippen LogP contribution in [-0.2, 0) is 19.2 Å². The molecular weight excluding hydrogens is 304 g/mol. The van der Waals surface area contributed by atoms with Gasteiger partial charge in [-0.3, -0.25) is 4.68 Å². The molecule has 0 aliphatic heterocycles. The van der Waals surface area contributed by atoms with E-state index < -0.39 is 11.6 Å². The van der Waals surface area contributed by atoms with E-state index in [1.54, 1.807) is 11.7 Å².